The maximum Gasteiger partial charge on any atom is 0.261 e. The lowest BCUT2D eigenvalue weighted by atomic mass is 9.85. The number of alkyl halides is 2. The van der Waals surface area contributed by atoms with Crippen LogP contribution >= 0.6 is 0 Å². The van der Waals surface area contributed by atoms with Gasteiger partial charge in [0.05, 0.1) is 25.3 Å². The molecule has 5 heterocycles. The molecule has 0 spiro atoms. The van der Waals surface area contributed by atoms with Crippen molar-refractivity contribution in [1.82, 2.24) is 29.4 Å². The van der Waals surface area contributed by atoms with Crippen LogP contribution in [0.1, 0.15) is 48.4 Å². The van der Waals surface area contributed by atoms with Crippen molar-refractivity contribution < 1.29 is 13.6 Å². The van der Waals surface area contributed by atoms with E-state index in [2.05, 4.69) is 51.5 Å². The third kappa shape index (κ3) is 5.07. The number of fused-ring (bicyclic) bond motifs is 2. The van der Waals surface area contributed by atoms with Gasteiger partial charge in [-0.2, -0.15) is 10.2 Å². The third-order valence-electron chi connectivity index (χ3n) is 8.92. The Morgan fingerprint density at radius 2 is 1.95 bits per heavy atom. The molecule has 1 aromatic carbocycles. The molecular formula is C30H34F2N8O. The number of hydrogen-bond acceptors (Lipinski definition) is 7. The Labute approximate surface area is 237 Å². The number of nitrogens with two attached hydrogens (primary N) is 1. The van der Waals surface area contributed by atoms with Gasteiger partial charge < -0.3 is 10.6 Å². The van der Waals surface area contributed by atoms with Gasteiger partial charge in [0.2, 0.25) is 5.91 Å². The molecule has 2 N–H and O–H groups in total. The van der Waals surface area contributed by atoms with Gasteiger partial charge in [-0.15, -0.1) is 0 Å². The SMILES string of the molecule is Nc1ncnn2c(C3CCN(C(=O)CN4CCC(F)(F)C4)C3)cc(C3=CC4=NN(Cc5ccccc5)C[C@@H]4CC3)c12. The van der Waals surface area contributed by atoms with E-state index in [1.54, 1.807) is 9.80 Å². The molecule has 0 radical (unpaired) electrons. The predicted octanol–water partition coefficient (Wildman–Crippen LogP) is 3.63. The summed E-state index contributed by atoms with van der Waals surface area (Å²) in [6, 6.07) is 12.6. The zero-order chi connectivity index (χ0) is 28.1. The fourth-order valence-electron chi connectivity index (χ4n) is 6.80. The van der Waals surface area contributed by atoms with Gasteiger partial charge in [0, 0.05) is 55.7 Å². The van der Waals surface area contributed by atoms with E-state index in [4.69, 9.17) is 10.8 Å². The molecule has 2 atom stereocenters. The molecule has 1 aliphatic carbocycles. The smallest absolute Gasteiger partial charge is 0.261 e. The zero-order valence-corrected chi connectivity index (χ0v) is 22.9. The van der Waals surface area contributed by atoms with E-state index in [1.807, 2.05) is 10.6 Å². The second kappa shape index (κ2) is 10.2. The van der Waals surface area contributed by atoms with Crippen LogP contribution in [0, 0.1) is 5.92 Å². The topological polar surface area (TPSA) is 95.4 Å². The first-order valence-electron chi connectivity index (χ1n) is 14.4. The first kappa shape index (κ1) is 26.1. The minimum Gasteiger partial charge on any atom is -0.382 e. The molecule has 2 saturated heterocycles. The fourth-order valence-corrected chi connectivity index (χ4v) is 6.80. The largest absolute Gasteiger partial charge is 0.382 e. The molecule has 214 valence electrons. The fraction of sp³-hybridized carbons (Fsp3) is 0.467. The molecule has 7 rings (SSSR count). The van der Waals surface area contributed by atoms with Gasteiger partial charge in [-0.25, -0.2) is 18.3 Å². The van der Waals surface area contributed by atoms with Crippen molar-refractivity contribution in [2.75, 3.05) is 45.0 Å². The Kier molecular flexibility index (Phi) is 6.49. The number of likely N-dealkylation sites (tertiary alicyclic amines) is 2. The molecule has 2 aromatic heterocycles. The monoisotopic (exact) mass is 560 g/mol. The number of amides is 1. The van der Waals surface area contributed by atoms with Gasteiger partial charge in [-0.3, -0.25) is 14.7 Å². The van der Waals surface area contributed by atoms with Crippen LogP contribution in [-0.2, 0) is 11.3 Å². The first-order valence-corrected chi connectivity index (χ1v) is 14.4. The van der Waals surface area contributed by atoms with E-state index in [9.17, 15) is 13.6 Å². The lowest BCUT2D eigenvalue weighted by Crippen LogP contribution is -2.39. The van der Waals surface area contributed by atoms with Gasteiger partial charge in [0.25, 0.3) is 5.92 Å². The van der Waals surface area contributed by atoms with Crippen LogP contribution in [-0.4, -0.2) is 86.2 Å². The average Bonchev–Trinajstić information content (AvgIpc) is 3.73. The number of carbonyl (C=O) groups is 1. The van der Waals surface area contributed by atoms with Crippen LogP contribution in [0.5, 0.6) is 0 Å². The van der Waals surface area contributed by atoms with Crippen molar-refractivity contribution in [3.05, 3.63) is 65.6 Å². The molecule has 1 amide bonds. The zero-order valence-electron chi connectivity index (χ0n) is 22.9. The van der Waals surface area contributed by atoms with Crippen molar-refractivity contribution in [2.24, 2.45) is 11.0 Å². The first-order chi connectivity index (χ1) is 19.8. The lowest BCUT2D eigenvalue weighted by molar-refractivity contribution is -0.131. The molecular weight excluding hydrogens is 526 g/mol. The van der Waals surface area contributed by atoms with E-state index >= 15 is 0 Å². The summed E-state index contributed by atoms with van der Waals surface area (Å²) < 4.78 is 29.1. The maximum atomic E-state index is 13.6. The number of allylic oxidation sites excluding steroid dienone is 2. The number of hydrogen-bond donors (Lipinski definition) is 1. The van der Waals surface area contributed by atoms with Crippen LogP contribution < -0.4 is 5.73 Å². The highest BCUT2D eigenvalue weighted by molar-refractivity contribution is 6.06. The van der Waals surface area contributed by atoms with Gasteiger partial charge in [-0.05, 0) is 42.5 Å². The van der Waals surface area contributed by atoms with E-state index < -0.39 is 5.92 Å². The van der Waals surface area contributed by atoms with Crippen LogP contribution in [0.4, 0.5) is 14.6 Å². The summed E-state index contributed by atoms with van der Waals surface area (Å²) >= 11 is 0. The maximum absolute atomic E-state index is 13.6. The predicted molar refractivity (Wildman–Crippen MR) is 152 cm³/mol. The Hall–Kier alpha value is -3.86. The highest BCUT2D eigenvalue weighted by atomic mass is 19.3. The summed E-state index contributed by atoms with van der Waals surface area (Å²) in [5.41, 5.74) is 12.7. The van der Waals surface area contributed by atoms with Crippen LogP contribution in [0.15, 0.2) is 53.9 Å². The average molecular weight is 561 g/mol. The molecule has 2 fully saturated rings. The number of aromatic nitrogens is 3. The summed E-state index contributed by atoms with van der Waals surface area (Å²) in [6.45, 7) is 2.78. The molecule has 9 nitrogen and oxygen atoms in total. The number of carbonyl (C=O) groups excluding carboxylic acids is 1. The number of halogens is 2. The lowest BCUT2D eigenvalue weighted by Gasteiger charge is -2.21. The molecule has 1 unspecified atom stereocenters. The van der Waals surface area contributed by atoms with E-state index in [1.165, 1.54) is 17.5 Å². The molecule has 3 aromatic rings. The van der Waals surface area contributed by atoms with Crippen LogP contribution in [0.2, 0.25) is 0 Å². The number of nitrogen functional groups attached to an aromatic ring is 1. The number of anilines is 1. The highest BCUT2D eigenvalue weighted by Crippen LogP contribution is 2.39. The third-order valence-corrected chi connectivity index (χ3v) is 8.92. The molecule has 11 heteroatoms. The number of benzene rings is 1. The van der Waals surface area contributed by atoms with Crippen molar-refractivity contribution in [1.29, 1.82) is 0 Å². The van der Waals surface area contributed by atoms with E-state index in [0.717, 1.165) is 54.8 Å². The van der Waals surface area contributed by atoms with E-state index in [-0.39, 0.29) is 37.9 Å². The molecule has 4 aliphatic rings. The van der Waals surface area contributed by atoms with Crippen molar-refractivity contribution >= 4 is 28.5 Å². The number of nitrogens with zero attached hydrogens (tertiary/aromatic N) is 7. The normalized spacial score (nSPS) is 24.1. The van der Waals surface area contributed by atoms with Crippen molar-refractivity contribution in [2.45, 2.75) is 44.1 Å². The molecule has 41 heavy (non-hydrogen) atoms. The number of hydrazone groups is 1. The summed E-state index contributed by atoms with van der Waals surface area (Å²) in [6.07, 6.45) is 6.19. The summed E-state index contributed by atoms with van der Waals surface area (Å²) in [7, 11) is 0. The van der Waals surface area contributed by atoms with Gasteiger partial charge >= 0.3 is 0 Å². The van der Waals surface area contributed by atoms with E-state index in [0.29, 0.717) is 24.8 Å². The van der Waals surface area contributed by atoms with Crippen LogP contribution in [0.3, 0.4) is 0 Å². The van der Waals surface area contributed by atoms with Gasteiger partial charge in [0.15, 0.2) is 5.82 Å². The molecule has 3 aliphatic heterocycles. The highest BCUT2D eigenvalue weighted by Gasteiger charge is 2.40. The quantitative estimate of drug-likeness (QED) is 0.495. The second-order valence-electron chi connectivity index (χ2n) is 11.8. The summed E-state index contributed by atoms with van der Waals surface area (Å²) in [5.74, 6) is -1.90. The Morgan fingerprint density at radius 3 is 2.76 bits per heavy atom. The minimum absolute atomic E-state index is 0.0367. The minimum atomic E-state index is -2.70. The Balaban J connectivity index is 1.12. The van der Waals surface area contributed by atoms with Crippen molar-refractivity contribution in [3.63, 3.8) is 0 Å². The number of rotatable bonds is 6. The van der Waals surface area contributed by atoms with Crippen LogP contribution in [0.25, 0.3) is 11.1 Å². The van der Waals surface area contributed by atoms with Gasteiger partial charge in [-0.1, -0.05) is 30.3 Å². The molecule has 0 saturated carbocycles. The van der Waals surface area contributed by atoms with Crippen molar-refractivity contribution in [3.8, 4) is 0 Å². The van der Waals surface area contributed by atoms with Gasteiger partial charge in [0.1, 0.15) is 11.8 Å². The summed E-state index contributed by atoms with van der Waals surface area (Å²) in [5, 5.41) is 11.7. The summed E-state index contributed by atoms with van der Waals surface area (Å²) in [4.78, 5) is 20.6. The second-order valence-corrected chi connectivity index (χ2v) is 11.8. The standard InChI is InChI=1S/C30H34F2N8O/c31-30(32)9-11-37(18-30)17-27(41)38-10-8-23(15-38)26-13-24(28-29(33)34-19-35-40(26)28)21-6-7-22-16-39(36-25(22)12-21)14-20-4-2-1-3-5-20/h1-5,12-13,19,22-23H,6-11,14-18H2,(H2,33,34,35)/t22-,23?/m0/s1. The Morgan fingerprint density at radius 1 is 1.10 bits per heavy atom. The molecule has 0 bridgehead atoms. The Bertz CT molecular complexity index is 1530.